The lowest BCUT2D eigenvalue weighted by Gasteiger charge is -2.34. The SMILES string of the molecule is C=CC(=O)Nc1cc(-c2c(-c3ccc(N4CCN(C)CC4)cc3)[nH]c3ncc(OCC)cc23)ccc1C.O=C(O)C(F)(F)F. The molecule has 0 saturated carbocycles. The molecule has 0 atom stereocenters. The zero-order chi connectivity index (χ0) is 32.0. The maximum absolute atomic E-state index is 12.1. The van der Waals surface area contributed by atoms with Gasteiger partial charge in [0.1, 0.15) is 11.4 Å². The van der Waals surface area contributed by atoms with Crippen molar-refractivity contribution in [3.63, 3.8) is 0 Å². The lowest BCUT2D eigenvalue weighted by molar-refractivity contribution is -0.192. The zero-order valence-electron chi connectivity index (χ0n) is 24.7. The average Bonchev–Trinajstić information content (AvgIpc) is 3.37. The number of pyridine rings is 1. The first-order chi connectivity index (χ1) is 20.9. The highest BCUT2D eigenvalue weighted by molar-refractivity contribution is 6.05. The smallest absolute Gasteiger partial charge is 0.490 e. The summed E-state index contributed by atoms with van der Waals surface area (Å²) >= 11 is 0. The number of hydrogen-bond acceptors (Lipinski definition) is 6. The molecule has 5 rings (SSSR count). The minimum Gasteiger partial charge on any atom is -0.492 e. The number of hydrogen-bond donors (Lipinski definition) is 3. The third-order valence-corrected chi connectivity index (χ3v) is 7.17. The second-order valence-electron chi connectivity index (χ2n) is 10.2. The normalized spacial score (nSPS) is 13.6. The number of aliphatic carboxylic acids is 1. The second-order valence-corrected chi connectivity index (χ2v) is 10.2. The molecule has 232 valence electrons. The number of halogens is 3. The number of anilines is 2. The maximum atomic E-state index is 12.1. The number of alkyl halides is 3. The van der Waals surface area contributed by atoms with Gasteiger partial charge in [-0.15, -0.1) is 0 Å². The first kappa shape index (κ1) is 32.1. The molecule has 0 spiro atoms. The van der Waals surface area contributed by atoms with E-state index in [0.29, 0.717) is 6.61 Å². The number of carbonyl (C=O) groups is 2. The number of benzene rings is 2. The van der Waals surface area contributed by atoms with Crippen molar-refractivity contribution in [3.8, 4) is 28.1 Å². The van der Waals surface area contributed by atoms with Crippen LogP contribution in [0.25, 0.3) is 33.4 Å². The van der Waals surface area contributed by atoms with Crippen LogP contribution in [0.15, 0.2) is 67.4 Å². The molecule has 1 aliphatic heterocycles. The first-order valence-corrected chi connectivity index (χ1v) is 13.9. The van der Waals surface area contributed by atoms with E-state index in [1.807, 2.05) is 32.0 Å². The van der Waals surface area contributed by atoms with E-state index in [1.54, 1.807) is 6.20 Å². The summed E-state index contributed by atoms with van der Waals surface area (Å²) in [7, 11) is 2.17. The molecule has 0 bridgehead atoms. The van der Waals surface area contributed by atoms with Crippen LogP contribution in [0.1, 0.15) is 12.5 Å². The third kappa shape index (κ3) is 7.56. The fourth-order valence-electron chi connectivity index (χ4n) is 4.81. The van der Waals surface area contributed by atoms with E-state index < -0.39 is 12.1 Å². The molecule has 12 heteroatoms. The van der Waals surface area contributed by atoms with E-state index in [-0.39, 0.29) is 5.91 Å². The van der Waals surface area contributed by atoms with Crippen LogP contribution in [0.3, 0.4) is 0 Å². The van der Waals surface area contributed by atoms with Gasteiger partial charge in [-0.2, -0.15) is 13.2 Å². The van der Waals surface area contributed by atoms with Gasteiger partial charge in [0.05, 0.1) is 18.5 Å². The Morgan fingerprint density at radius 2 is 1.73 bits per heavy atom. The molecular formula is C32H34F3N5O4. The van der Waals surface area contributed by atoms with Gasteiger partial charge in [-0.05, 0) is 67.9 Å². The quantitative estimate of drug-likeness (QED) is 0.217. The maximum Gasteiger partial charge on any atom is 0.490 e. The molecule has 3 heterocycles. The number of carbonyl (C=O) groups excluding carboxylic acids is 1. The number of likely N-dealkylation sites (N-methyl/N-ethyl adjacent to an activating group) is 1. The molecular weight excluding hydrogens is 575 g/mol. The lowest BCUT2D eigenvalue weighted by atomic mass is 9.97. The molecule has 0 unspecified atom stereocenters. The van der Waals surface area contributed by atoms with Crippen molar-refractivity contribution in [1.29, 1.82) is 0 Å². The Morgan fingerprint density at radius 1 is 1.09 bits per heavy atom. The van der Waals surface area contributed by atoms with Crippen LogP contribution in [0.4, 0.5) is 24.5 Å². The van der Waals surface area contributed by atoms with Crippen LogP contribution < -0.4 is 15.0 Å². The van der Waals surface area contributed by atoms with Gasteiger partial charge in [-0.1, -0.05) is 30.8 Å². The minimum absolute atomic E-state index is 0.237. The Bertz CT molecular complexity index is 1640. The molecule has 1 saturated heterocycles. The number of aryl methyl sites for hydroxylation is 1. The van der Waals surface area contributed by atoms with Gasteiger partial charge >= 0.3 is 12.1 Å². The third-order valence-electron chi connectivity index (χ3n) is 7.17. The van der Waals surface area contributed by atoms with Crippen molar-refractivity contribution >= 4 is 34.3 Å². The largest absolute Gasteiger partial charge is 0.492 e. The highest BCUT2D eigenvalue weighted by Gasteiger charge is 2.38. The Balaban J connectivity index is 0.000000566. The van der Waals surface area contributed by atoms with Crippen LogP contribution >= 0.6 is 0 Å². The molecule has 1 aliphatic rings. The zero-order valence-corrected chi connectivity index (χ0v) is 24.7. The van der Waals surface area contributed by atoms with E-state index in [2.05, 4.69) is 69.0 Å². The van der Waals surface area contributed by atoms with Crippen LogP contribution in [0, 0.1) is 6.92 Å². The van der Waals surface area contributed by atoms with Gasteiger partial charge in [0.15, 0.2) is 0 Å². The summed E-state index contributed by atoms with van der Waals surface area (Å²) in [6.07, 6.45) is -2.05. The predicted molar refractivity (Wildman–Crippen MR) is 165 cm³/mol. The number of aromatic amines is 1. The number of H-pyrrole nitrogens is 1. The lowest BCUT2D eigenvalue weighted by Crippen LogP contribution is -2.44. The Labute approximate surface area is 253 Å². The molecule has 4 aromatic rings. The van der Waals surface area contributed by atoms with Crippen LogP contribution in [0.5, 0.6) is 5.75 Å². The number of ether oxygens (including phenoxy) is 1. The fraction of sp³-hybridized carbons (Fsp3) is 0.281. The molecule has 0 radical (unpaired) electrons. The summed E-state index contributed by atoms with van der Waals surface area (Å²) in [5, 5.41) is 11.0. The first-order valence-electron chi connectivity index (χ1n) is 13.9. The second kappa shape index (κ2) is 13.6. The standard InChI is InChI=1S/C30H33N5O2.C2HF3O2/c1-5-27(36)32-26-17-22(8-7-20(26)3)28-25-18-24(37-6-2)19-31-30(25)33-29(28)21-9-11-23(12-10-21)35-15-13-34(4)14-16-35;3-2(4,5)1(6)7/h5,7-12,17-19H,1,6,13-16H2,2-4H3,(H,31,33)(H,32,36);(H,6,7). The number of piperazine rings is 1. The molecule has 9 nitrogen and oxygen atoms in total. The number of fused-ring (bicyclic) bond motifs is 1. The Morgan fingerprint density at radius 3 is 2.32 bits per heavy atom. The summed E-state index contributed by atoms with van der Waals surface area (Å²) in [5.41, 5.74) is 7.79. The molecule has 0 aliphatic carbocycles. The molecule has 2 aromatic carbocycles. The highest BCUT2D eigenvalue weighted by Crippen LogP contribution is 2.40. The van der Waals surface area contributed by atoms with E-state index in [4.69, 9.17) is 14.6 Å². The summed E-state index contributed by atoms with van der Waals surface area (Å²) in [5.74, 6) is -2.27. The van der Waals surface area contributed by atoms with Gasteiger partial charge < -0.3 is 29.9 Å². The number of aromatic nitrogens is 2. The summed E-state index contributed by atoms with van der Waals surface area (Å²) in [6, 6.07) is 16.9. The predicted octanol–water partition coefficient (Wildman–Crippen LogP) is 6.11. The van der Waals surface area contributed by atoms with E-state index in [1.165, 1.54) is 11.8 Å². The van der Waals surface area contributed by atoms with Crippen molar-refractivity contribution in [2.24, 2.45) is 0 Å². The molecule has 3 N–H and O–H groups in total. The number of carboxylic acids is 1. The fourth-order valence-corrected chi connectivity index (χ4v) is 4.81. The minimum atomic E-state index is -5.08. The molecule has 1 fully saturated rings. The van der Waals surface area contributed by atoms with Crippen molar-refractivity contribution in [3.05, 3.63) is 72.9 Å². The molecule has 2 aromatic heterocycles. The highest BCUT2D eigenvalue weighted by atomic mass is 19.4. The van der Waals surface area contributed by atoms with Crippen molar-refractivity contribution in [2.45, 2.75) is 20.0 Å². The van der Waals surface area contributed by atoms with Crippen molar-refractivity contribution in [2.75, 3.05) is 50.1 Å². The van der Waals surface area contributed by atoms with Gasteiger partial charge in [-0.25, -0.2) is 9.78 Å². The van der Waals surface area contributed by atoms with Crippen LogP contribution in [-0.4, -0.2) is 77.9 Å². The average molecular weight is 610 g/mol. The van der Waals surface area contributed by atoms with E-state index in [0.717, 1.165) is 76.6 Å². The van der Waals surface area contributed by atoms with Crippen molar-refractivity contribution < 1.29 is 32.6 Å². The van der Waals surface area contributed by atoms with Gasteiger partial charge in [0.2, 0.25) is 5.91 Å². The number of rotatable bonds is 7. The summed E-state index contributed by atoms with van der Waals surface area (Å²) in [6.45, 7) is 12.3. The monoisotopic (exact) mass is 609 g/mol. The van der Waals surface area contributed by atoms with E-state index in [9.17, 15) is 18.0 Å². The topological polar surface area (TPSA) is 111 Å². The molecule has 44 heavy (non-hydrogen) atoms. The summed E-state index contributed by atoms with van der Waals surface area (Å²) in [4.78, 5) is 34.0. The van der Waals surface area contributed by atoms with Crippen LogP contribution in [0.2, 0.25) is 0 Å². The number of nitrogens with one attached hydrogen (secondary N) is 2. The number of amides is 1. The summed E-state index contributed by atoms with van der Waals surface area (Å²) < 4.78 is 37.5. The Kier molecular flexibility index (Phi) is 9.94. The number of nitrogens with zero attached hydrogens (tertiary/aromatic N) is 3. The van der Waals surface area contributed by atoms with Gasteiger partial charge in [0.25, 0.3) is 0 Å². The van der Waals surface area contributed by atoms with Crippen molar-refractivity contribution in [1.82, 2.24) is 14.9 Å². The Hall–Kier alpha value is -4.84. The van der Waals surface area contributed by atoms with Gasteiger partial charge in [-0.3, -0.25) is 4.79 Å². The number of carboxylic acid groups (broad SMARTS) is 1. The molecule has 1 amide bonds. The van der Waals surface area contributed by atoms with Crippen LogP contribution in [-0.2, 0) is 9.59 Å². The van der Waals surface area contributed by atoms with E-state index >= 15 is 0 Å². The van der Waals surface area contributed by atoms with Gasteiger partial charge in [0, 0.05) is 48.5 Å².